The van der Waals surface area contributed by atoms with Gasteiger partial charge in [0.15, 0.2) is 0 Å². The lowest BCUT2D eigenvalue weighted by Crippen LogP contribution is -2.36. The van der Waals surface area contributed by atoms with Crippen molar-refractivity contribution in [1.29, 1.82) is 0 Å². The first kappa shape index (κ1) is 21.9. The number of ether oxygens (including phenoxy) is 1. The molecule has 0 N–H and O–H groups in total. The Kier molecular flexibility index (Phi) is 5.56. The topological polar surface area (TPSA) is 43.2 Å². The van der Waals surface area contributed by atoms with Crippen molar-refractivity contribution in [2.24, 2.45) is 11.8 Å². The van der Waals surface area contributed by atoms with Crippen LogP contribution < -0.4 is 0 Å². The first-order valence-electron chi connectivity index (χ1n) is 11.7. The fraction of sp³-hybridized carbons (Fsp3) is 0.667. The third kappa shape index (κ3) is 3.96. The van der Waals surface area contributed by atoms with Crippen molar-refractivity contribution in [3.63, 3.8) is 0 Å². The molecule has 5 nitrogen and oxygen atoms in total. The van der Waals surface area contributed by atoms with Crippen LogP contribution in [0.1, 0.15) is 62.2 Å². The molecule has 5 rings (SSSR count). The van der Waals surface area contributed by atoms with E-state index in [9.17, 15) is 13.2 Å². The normalized spacial score (nSPS) is 28.7. The monoisotopic (exact) mass is 448 g/mol. The predicted molar refractivity (Wildman–Crippen MR) is 115 cm³/mol. The zero-order valence-electron chi connectivity index (χ0n) is 18.9. The van der Waals surface area contributed by atoms with E-state index >= 15 is 0 Å². The molecule has 0 amide bonds. The van der Waals surface area contributed by atoms with Gasteiger partial charge in [0, 0.05) is 61.3 Å². The standard InChI is InChI=1S/C24H31F3N4O/c1-14(2)23-29-21(16-9-20(24(25,26)27)15(3)28-12-16)13-31(23)22-18-10-17(11-19(18)22)30-5-4-7-32-8-6-30/h9,12-14,17-19,22H,4-8,10-11H2,1-3H3/t17?,18-,19+,22+. The number of aromatic nitrogens is 3. The van der Waals surface area contributed by atoms with E-state index in [4.69, 9.17) is 9.72 Å². The number of alkyl halides is 3. The number of rotatable bonds is 4. The Labute approximate surface area is 187 Å². The van der Waals surface area contributed by atoms with Crippen molar-refractivity contribution in [2.75, 3.05) is 26.3 Å². The number of halogens is 3. The van der Waals surface area contributed by atoms with E-state index in [1.165, 1.54) is 32.0 Å². The molecule has 0 spiro atoms. The van der Waals surface area contributed by atoms with Crippen LogP contribution >= 0.6 is 0 Å². The highest BCUT2D eigenvalue weighted by atomic mass is 19.4. The maximum atomic E-state index is 13.4. The van der Waals surface area contributed by atoms with Crippen LogP contribution in [0, 0.1) is 18.8 Å². The Morgan fingerprint density at radius 3 is 2.56 bits per heavy atom. The van der Waals surface area contributed by atoms with Gasteiger partial charge in [0.25, 0.3) is 0 Å². The van der Waals surface area contributed by atoms with E-state index in [2.05, 4.69) is 28.3 Å². The third-order valence-electron chi connectivity index (χ3n) is 7.43. The first-order chi connectivity index (χ1) is 15.2. The maximum absolute atomic E-state index is 13.4. The Bertz CT molecular complexity index is 966. The summed E-state index contributed by atoms with van der Waals surface area (Å²) in [6, 6.07) is 2.22. The van der Waals surface area contributed by atoms with Gasteiger partial charge in [0.2, 0.25) is 0 Å². The van der Waals surface area contributed by atoms with Gasteiger partial charge in [-0.15, -0.1) is 0 Å². The van der Waals surface area contributed by atoms with Crippen molar-refractivity contribution < 1.29 is 17.9 Å². The zero-order valence-corrected chi connectivity index (χ0v) is 18.9. The number of fused-ring (bicyclic) bond motifs is 1. The Morgan fingerprint density at radius 2 is 1.88 bits per heavy atom. The Hall–Kier alpha value is -1.93. The first-order valence-corrected chi connectivity index (χ1v) is 11.7. The fourth-order valence-electron chi connectivity index (χ4n) is 5.79. The number of nitrogens with zero attached hydrogens (tertiary/aromatic N) is 4. The molecule has 2 aliphatic carbocycles. The zero-order chi connectivity index (χ0) is 22.6. The quantitative estimate of drug-likeness (QED) is 0.655. The minimum absolute atomic E-state index is 0.00792. The molecule has 3 aliphatic rings. The molecule has 3 heterocycles. The molecule has 0 aromatic carbocycles. The van der Waals surface area contributed by atoms with Crippen LogP contribution in [0.2, 0.25) is 0 Å². The second kappa shape index (κ2) is 8.13. The summed E-state index contributed by atoms with van der Waals surface area (Å²) in [7, 11) is 0. The maximum Gasteiger partial charge on any atom is 0.418 e. The van der Waals surface area contributed by atoms with Crippen LogP contribution in [0.5, 0.6) is 0 Å². The number of hydrogen-bond donors (Lipinski definition) is 0. The van der Waals surface area contributed by atoms with Crippen LogP contribution in [-0.4, -0.2) is 51.8 Å². The molecular formula is C24H31F3N4O. The lowest BCUT2D eigenvalue weighted by Gasteiger charge is -2.29. The van der Waals surface area contributed by atoms with E-state index in [1.54, 1.807) is 0 Å². The van der Waals surface area contributed by atoms with Gasteiger partial charge in [0.05, 0.1) is 17.9 Å². The average Bonchev–Trinajstić information content (AvgIpc) is 3.06. The molecule has 174 valence electrons. The molecule has 3 fully saturated rings. The minimum Gasteiger partial charge on any atom is -0.380 e. The van der Waals surface area contributed by atoms with Crippen molar-refractivity contribution in [3.05, 3.63) is 35.5 Å². The molecule has 32 heavy (non-hydrogen) atoms. The summed E-state index contributed by atoms with van der Waals surface area (Å²) < 4.78 is 48.0. The molecule has 4 atom stereocenters. The van der Waals surface area contributed by atoms with E-state index < -0.39 is 11.7 Å². The molecule has 0 bridgehead atoms. The van der Waals surface area contributed by atoms with Crippen molar-refractivity contribution in [1.82, 2.24) is 19.4 Å². The molecule has 8 heteroatoms. The van der Waals surface area contributed by atoms with E-state index in [-0.39, 0.29) is 11.6 Å². The highest BCUT2D eigenvalue weighted by Gasteiger charge is 2.58. The molecule has 2 aromatic heterocycles. The molecule has 2 aromatic rings. The van der Waals surface area contributed by atoms with Gasteiger partial charge in [0.1, 0.15) is 5.82 Å². The SMILES string of the molecule is Cc1ncc(-c2cn([C@H]3[C@@H]4CC(N5CCCOCC5)C[C@@H]43)c(C(C)C)n2)cc1C(F)(F)F. The van der Waals surface area contributed by atoms with Crippen LogP contribution in [0.15, 0.2) is 18.5 Å². The third-order valence-corrected chi connectivity index (χ3v) is 7.43. The number of hydrogen-bond acceptors (Lipinski definition) is 4. The van der Waals surface area contributed by atoms with E-state index in [0.29, 0.717) is 35.2 Å². The summed E-state index contributed by atoms with van der Waals surface area (Å²) in [4.78, 5) is 11.4. The summed E-state index contributed by atoms with van der Waals surface area (Å²) in [5.41, 5.74) is 0.310. The van der Waals surface area contributed by atoms with Gasteiger partial charge < -0.3 is 9.30 Å². The minimum atomic E-state index is -4.42. The van der Waals surface area contributed by atoms with Crippen molar-refractivity contribution in [3.8, 4) is 11.3 Å². The highest BCUT2D eigenvalue weighted by Crippen LogP contribution is 2.62. The molecule has 1 aliphatic heterocycles. The highest BCUT2D eigenvalue weighted by molar-refractivity contribution is 5.59. The average molecular weight is 449 g/mol. The van der Waals surface area contributed by atoms with E-state index in [0.717, 1.165) is 38.5 Å². The molecule has 0 radical (unpaired) electrons. The molecular weight excluding hydrogens is 417 g/mol. The smallest absolute Gasteiger partial charge is 0.380 e. The Balaban J connectivity index is 1.37. The van der Waals surface area contributed by atoms with Gasteiger partial charge in [-0.2, -0.15) is 13.2 Å². The van der Waals surface area contributed by atoms with Gasteiger partial charge in [-0.05, 0) is 44.1 Å². The summed E-state index contributed by atoms with van der Waals surface area (Å²) in [6.07, 6.45) is 2.51. The fourth-order valence-corrected chi connectivity index (χ4v) is 5.79. The van der Waals surface area contributed by atoms with Gasteiger partial charge in [-0.25, -0.2) is 4.98 Å². The summed E-state index contributed by atoms with van der Waals surface area (Å²) in [5, 5.41) is 0. The van der Waals surface area contributed by atoms with Crippen molar-refractivity contribution >= 4 is 0 Å². The number of pyridine rings is 1. The molecule has 1 unspecified atom stereocenters. The van der Waals surface area contributed by atoms with Gasteiger partial charge in [-0.1, -0.05) is 13.8 Å². The molecule has 1 saturated heterocycles. The van der Waals surface area contributed by atoms with Crippen LogP contribution in [0.25, 0.3) is 11.3 Å². The lowest BCUT2D eigenvalue weighted by molar-refractivity contribution is -0.138. The Morgan fingerprint density at radius 1 is 1.12 bits per heavy atom. The van der Waals surface area contributed by atoms with Crippen LogP contribution in [0.3, 0.4) is 0 Å². The van der Waals surface area contributed by atoms with Crippen molar-refractivity contribution in [2.45, 2.75) is 64.2 Å². The largest absolute Gasteiger partial charge is 0.418 e. The summed E-state index contributed by atoms with van der Waals surface area (Å²) in [6.45, 7) is 9.39. The summed E-state index contributed by atoms with van der Waals surface area (Å²) >= 11 is 0. The van der Waals surface area contributed by atoms with Crippen LogP contribution in [-0.2, 0) is 10.9 Å². The number of imidazole rings is 1. The van der Waals surface area contributed by atoms with Gasteiger partial charge >= 0.3 is 6.18 Å². The van der Waals surface area contributed by atoms with Crippen LogP contribution in [0.4, 0.5) is 13.2 Å². The second-order valence-electron chi connectivity index (χ2n) is 9.85. The van der Waals surface area contributed by atoms with Gasteiger partial charge in [-0.3, -0.25) is 9.88 Å². The number of aryl methyl sites for hydroxylation is 1. The second-order valence-corrected chi connectivity index (χ2v) is 9.85. The lowest BCUT2D eigenvalue weighted by atomic mass is 10.1. The molecule has 2 saturated carbocycles. The van der Waals surface area contributed by atoms with E-state index in [1.807, 2.05) is 6.20 Å². The summed E-state index contributed by atoms with van der Waals surface area (Å²) in [5.74, 6) is 2.41. The predicted octanol–water partition coefficient (Wildman–Crippen LogP) is 5.07.